The molecule has 2 aromatic rings. The van der Waals surface area contributed by atoms with Crippen LogP contribution in [0, 0.1) is 0 Å². The number of carbonyl (C=O) groups excluding carboxylic acids is 1. The van der Waals surface area contributed by atoms with Gasteiger partial charge in [0.2, 0.25) is 0 Å². The van der Waals surface area contributed by atoms with Crippen LogP contribution in [0.15, 0.2) is 42.7 Å². The van der Waals surface area contributed by atoms with E-state index in [2.05, 4.69) is 15.2 Å². The number of rotatable bonds is 6. The highest BCUT2D eigenvalue weighted by Crippen LogP contribution is 2.28. The second-order valence-electron chi connectivity index (χ2n) is 6.06. The summed E-state index contributed by atoms with van der Waals surface area (Å²) in [6, 6.07) is 9.48. The summed E-state index contributed by atoms with van der Waals surface area (Å²) in [5.41, 5.74) is 2.64. The summed E-state index contributed by atoms with van der Waals surface area (Å²) < 4.78 is 5.33. The number of nitrogens with one attached hydrogen (secondary N) is 1. The number of carboxylic acid groups (broad SMARTS) is 1. The highest BCUT2D eigenvalue weighted by atomic mass is 16.5. The Morgan fingerprint density at radius 1 is 1.26 bits per heavy atom. The first-order valence-electron chi connectivity index (χ1n) is 8.86. The molecule has 1 aromatic heterocycles. The van der Waals surface area contributed by atoms with E-state index < -0.39 is 0 Å². The number of hydrogen-bond donors (Lipinski definition) is 2. The second kappa shape index (κ2) is 10.9. The quantitative estimate of drug-likeness (QED) is 0.757. The van der Waals surface area contributed by atoms with Crippen molar-refractivity contribution in [2.75, 3.05) is 33.3 Å². The third-order valence-electron chi connectivity index (χ3n) is 4.37. The van der Waals surface area contributed by atoms with Crippen LogP contribution in [0.25, 0.3) is 11.1 Å². The molecule has 0 aliphatic carbocycles. The Morgan fingerprint density at radius 3 is 2.56 bits per heavy atom. The molecule has 2 N–H and O–H groups in total. The van der Waals surface area contributed by atoms with Crippen LogP contribution in [0.1, 0.15) is 23.2 Å². The molecule has 7 heteroatoms. The van der Waals surface area contributed by atoms with E-state index in [9.17, 15) is 4.79 Å². The van der Waals surface area contributed by atoms with Crippen LogP contribution in [-0.2, 0) is 4.79 Å². The summed E-state index contributed by atoms with van der Waals surface area (Å²) in [4.78, 5) is 27.0. The molecule has 1 amide bonds. The highest BCUT2D eigenvalue weighted by Gasteiger charge is 2.12. The minimum absolute atomic E-state index is 0.0255. The maximum absolute atomic E-state index is 12.2. The van der Waals surface area contributed by atoms with E-state index in [-0.39, 0.29) is 12.4 Å². The van der Waals surface area contributed by atoms with Gasteiger partial charge in [-0.2, -0.15) is 0 Å². The number of amides is 1. The van der Waals surface area contributed by atoms with Gasteiger partial charge in [-0.05, 0) is 49.7 Å². The molecule has 3 rings (SSSR count). The van der Waals surface area contributed by atoms with Gasteiger partial charge in [0.15, 0.2) is 0 Å². The van der Waals surface area contributed by atoms with E-state index in [0.717, 1.165) is 36.5 Å². The zero-order valence-corrected chi connectivity index (χ0v) is 15.4. The number of aromatic nitrogens is 1. The van der Waals surface area contributed by atoms with Crippen molar-refractivity contribution in [2.24, 2.45) is 0 Å². The van der Waals surface area contributed by atoms with Gasteiger partial charge in [-0.1, -0.05) is 12.1 Å². The number of pyridine rings is 1. The van der Waals surface area contributed by atoms with Gasteiger partial charge in [-0.15, -0.1) is 0 Å². The van der Waals surface area contributed by atoms with Crippen molar-refractivity contribution in [3.05, 3.63) is 48.3 Å². The van der Waals surface area contributed by atoms with E-state index in [4.69, 9.17) is 14.6 Å². The predicted molar refractivity (Wildman–Crippen MR) is 103 cm³/mol. The summed E-state index contributed by atoms with van der Waals surface area (Å²) in [7, 11) is 1.63. The first-order valence-corrected chi connectivity index (χ1v) is 8.86. The highest BCUT2D eigenvalue weighted by molar-refractivity contribution is 5.94. The minimum Gasteiger partial charge on any atom is -0.494 e. The Kier molecular flexibility index (Phi) is 8.25. The summed E-state index contributed by atoms with van der Waals surface area (Å²) in [6.07, 6.45) is 5.97. The van der Waals surface area contributed by atoms with Crippen LogP contribution in [-0.4, -0.2) is 60.7 Å². The normalized spacial score (nSPS) is 13.4. The third-order valence-corrected chi connectivity index (χ3v) is 4.37. The standard InChI is InChI=1S/C19H23N3O2.CH2O2/c1-24-18-14-20-9-8-17(18)15-4-6-16(7-5-15)19(23)21-10-13-22-11-2-3-12-22;2-1-3/h4-9,14H,2-3,10-13H2,1H3,(H,21,23);1H,(H,2,3). The summed E-state index contributed by atoms with van der Waals surface area (Å²) in [6.45, 7) is 3.67. The zero-order chi connectivity index (χ0) is 19.5. The molecule has 1 aromatic carbocycles. The molecule has 1 saturated heterocycles. The lowest BCUT2D eigenvalue weighted by atomic mass is 10.0. The van der Waals surface area contributed by atoms with Gasteiger partial charge in [0.05, 0.1) is 13.3 Å². The van der Waals surface area contributed by atoms with Crippen molar-refractivity contribution in [3.63, 3.8) is 0 Å². The van der Waals surface area contributed by atoms with Gasteiger partial charge < -0.3 is 20.1 Å². The SMILES string of the molecule is COc1cnccc1-c1ccc(C(=O)NCCN2CCCC2)cc1.O=CO. The van der Waals surface area contributed by atoms with Crippen LogP contribution in [0.2, 0.25) is 0 Å². The number of ether oxygens (including phenoxy) is 1. The Balaban J connectivity index is 0.000000817. The predicted octanol–water partition coefficient (Wildman–Crippen LogP) is 2.28. The smallest absolute Gasteiger partial charge is 0.290 e. The molecule has 0 atom stereocenters. The summed E-state index contributed by atoms with van der Waals surface area (Å²) in [5, 5.41) is 9.88. The van der Waals surface area contributed by atoms with Gasteiger partial charge in [0.25, 0.3) is 12.4 Å². The number of carbonyl (C=O) groups is 2. The van der Waals surface area contributed by atoms with Crippen molar-refractivity contribution in [3.8, 4) is 16.9 Å². The fraction of sp³-hybridized carbons (Fsp3) is 0.350. The minimum atomic E-state index is -0.250. The monoisotopic (exact) mass is 371 g/mol. The summed E-state index contributed by atoms with van der Waals surface area (Å²) in [5.74, 6) is 0.697. The lowest BCUT2D eigenvalue weighted by Crippen LogP contribution is -2.33. The van der Waals surface area contributed by atoms with Gasteiger partial charge in [0, 0.05) is 30.4 Å². The molecule has 2 heterocycles. The Hall–Kier alpha value is -2.93. The number of methoxy groups -OCH3 is 1. The van der Waals surface area contributed by atoms with Crippen LogP contribution in [0.4, 0.5) is 0 Å². The maximum atomic E-state index is 12.2. The van der Waals surface area contributed by atoms with Gasteiger partial charge >= 0.3 is 0 Å². The number of hydrogen-bond acceptors (Lipinski definition) is 5. The first kappa shape index (κ1) is 20.4. The molecule has 27 heavy (non-hydrogen) atoms. The van der Waals surface area contributed by atoms with Crippen LogP contribution in [0.3, 0.4) is 0 Å². The van der Waals surface area contributed by atoms with Gasteiger partial charge in [-0.3, -0.25) is 14.6 Å². The van der Waals surface area contributed by atoms with Crippen molar-refractivity contribution < 1.29 is 19.4 Å². The van der Waals surface area contributed by atoms with Crippen LogP contribution < -0.4 is 10.1 Å². The van der Waals surface area contributed by atoms with E-state index in [1.165, 1.54) is 12.8 Å². The number of likely N-dealkylation sites (tertiary alicyclic amines) is 1. The fourth-order valence-corrected chi connectivity index (χ4v) is 3.02. The van der Waals surface area contributed by atoms with Crippen molar-refractivity contribution >= 4 is 12.4 Å². The Morgan fingerprint density at radius 2 is 1.93 bits per heavy atom. The third kappa shape index (κ3) is 6.07. The molecule has 1 fully saturated rings. The maximum Gasteiger partial charge on any atom is 0.290 e. The average Bonchev–Trinajstić information content (AvgIpc) is 3.22. The average molecular weight is 371 g/mol. The molecule has 1 aliphatic heterocycles. The van der Waals surface area contributed by atoms with Crippen molar-refractivity contribution in [2.45, 2.75) is 12.8 Å². The molecule has 1 aliphatic rings. The van der Waals surface area contributed by atoms with Crippen LogP contribution >= 0.6 is 0 Å². The number of nitrogens with zero attached hydrogens (tertiary/aromatic N) is 2. The van der Waals surface area contributed by atoms with Crippen molar-refractivity contribution in [1.29, 1.82) is 0 Å². The molecule has 0 unspecified atom stereocenters. The zero-order valence-electron chi connectivity index (χ0n) is 15.4. The molecular weight excluding hydrogens is 346 g/mol. The van der Waals surface area contributed by atoms with Crippen LogP contribution in [0.5, 0.6) is 5.75 Å². The van der Waals surface area contributed by atoms with Gasteiger partial charge in [0.1, 0.15) is 5.75 Å². The van der Waals surface area contributed by atoms with E-state index in [0.29, 0.717) is 12.1 Å². The Bertz CT molecular complexity index is 728. The van der Waals surface area contributed by atoms with E-state index in [1.807, 2.05) is 30.3 Å². The fourth-order valence-electron chi connectivity index (χ4n) is 3.02. The molecule has 0 bridgehead atoms. The Labute approximate surface area is 159 Å². The molecular formula is C20H25N3O4. The van der Waals surface area contributed by atoms with Gasteiger partial charge in [-0.25, -0.2) is 0 Å². The first-order chi connectivity index (χ1) is 13.2. The number of benzene rings is 1. The molecule has 0 radical (unpaired) electrons. The van der Waals surface area contributed by atoms with Crippen molar-refractivity contribution in [1.82, 2.24) is 15.2 Å². The molecule has 0 spiro atoms. The molecule has 144 valence electrons. The lowest BCUT2D eigenvalue weighted by molar-refractivity contribution is -0.122. The molecule has 0 saturated carbocycles. The van der Waals surface area contributed by atoms with E-state index >= 15 is 0 Å². The largest absolute Gasteiger partial charge is 0.494 e. The van der Waals surface area contributed by atoms with E-state index in [1.54, 1.807) is 19.5 Å². The molecule has 7 nitrogen and oxygen atoms in total. The topological polar surface area (TPSA) is 91.8 Å². The second-order valence-corrected chi connectivity index (χ2v) is 6.06. The lowest BCUT2D eigenvalue weighted by Gasteiger charge is -2.14. The summed E-state index contributed by atoms with van der Waals surface area (Å²) >= 11 is 0.